The molecule has 2 aliphatic rings. The molecule has 6 nitrogen and oxygen atoms in total. The van der Waals surface area contributed by atoms with Crippen molar-refractivity contribution >= 4 is 23.5 Å². The molecule has 0 radical (unpaired) electrons. The van der Waals surface area contributed by atoms with E-state index in [1.165, 1.54) is 23.9 Å². The number of ketones is 1. The molecule has 31 heavy (non-hydrogen) atoms. The fraction of sp³-hybridized carbons (Fsp3) is 0.304. The van der Waals surface area contributed by atoms with Crippen LogP contribution in [0.25, 0.3) is 0 Å². The fourth-order valence-electron chi connectivity index (χ4n) is 4.24. The molecule has 1 atom stereocenters. The molecule has 3 heterocycles. The lowest BCUT2D eigenvalue weighted by Gasteiger charge is -2.38. The quantitative estimate of drug-likeness (QED) is 0.596. The first kappa shape index (κ1) is 19.9. The highest BCUT2D eigenvalue weighted by Crippen LogP contribution is 2.45. The maximum atomic E-state index is 13.6. The van der Waals surface area contributed by atoms with Crippen LogP contribution in [0.5, 0.6) is 0 Å². The van der Waals surface area contributed by atoms with Crippen LogP contribution < -0.4 is 5.32 Å². The van der Waals surface area contributed by atoms with Crippen LogP contribution in [0.2, 0.25) is 0 Å². The fourth-order valence-corrected chi connectivity index (χ4v) is 5.00. The molecule has 3 aromatic rings. The van der Waals surface area contributed by atoms with Crippen LogP contribution in [0.1, 0.15) is 43.9 Å². The Balaban J connectivity index is 1.54. The summed E-state index contributed by atoms with van der Waals surface area (Å²) in [5.74, 6) is 1.08. The normalized spacial score (nSPS) is 19.6. The van der Waals surface area contributed by atoms with Crippen molar-refractivity contribution in [2.45, 2.75) is 43.6 Å². The number of nitrogens with zero attached hydrogens (tertiary/aromatic N) is 4. The molecule has 0 bridgehead atoms. The van der Waals surface area contributed by atoms with Gasteiger partial charge in [0.2, 0.25) is 11.1 Å². The highest BCUT2D eigenvalue weighted by molar-refractivity contribution is 7.98. The SMILES string of the molecule is CC1(C)CC(=O)C2=C(C1)Nc1nc(SCc3cccnc3)nn1C2c1ccc(F)cc1. The highest BCUT2D eigenvalue weighted by atomic mass is 32.2. The monoisotopic (exact) mass is 435 g/mol. The van der Waals surface area contributed by atoms with Crippen LogP contribution in [-0.2, 0) is 10.5 Å². The van der Waals surface area contributed by atoms with Crippen LogP contribution >= 0.6 is 11.8 Å². The number of hydrogen-bond acceptors (Lipinski definition) is 6. The van der Waals surface area contributed by atoms with E-state index in [4.69, 9.17) is 5.10 Å². The van der Waals surface area contributed by atoms with E-state index in [9.17, 15) is 9.18 Å². The number of anilines is 1. The van der Waals surface area contributed by atoms with Crippen LogP contribution in [-0.4, -0.2) is 25.5 Å². The minimum absolute atomic E-state index is 0.0961. The Labute approximate surface area is 184 Å². The van der Waals surface area contributed by atoms with Crippen LogP contribution in [0, 0.1) is 11.2 Å². The Bertz CT molecular complexity index is 1170. The van der Waals surface area contributed by atoms with E-state index in [0.717, 1.165) is 23.2 Å². The Morgan fingerprint density at radius 3 is 2.77 bits per heavy atom. The van der Waals surface area contributed by atoms with E-state index in [1.807, 2.05) is 18.3 Å². The zero-order valence-electron chi connectivity index (χ0n) is 17.3. The summed E-state index contributed by atoms with van der Waals surface area (Å²) in [6.45, 7) is 4.19. The molecule has 0 amide bonds. The molecule has 2 aromatic heterocycles. The first-order chi connectivity index (χ1) is 14.9. The first-order valence-electron chi connectivity index (χ1n) is 10.2. The summed E-state index contributed by atoms with van der Waals surface area (Å²) >= 11 is 1.51. The Kier molecular flexibility index (Phi) is 4.89. The van der Waals surface area contributed by atoms with Crippen molar-refractivity contribution in [2.75, 3.05) is 5.32 Å². The number of thioether (sulfide) groups is 1. The summed E-state index contributed by atoms with van der Waals surface area (Å²) in [6, 6.07) is 9.77. The number of carbonyl (C=O) groups is 1. The summed E-state index contributed by atoms with van der Waals surface area (Å²) in [5.41, 5.74) is 3.36. The molecule has 1 unspecified atom stereocenters. The number of carbonyl (C=O) groups excluding carboxylic acids is 1. The van der Waals surface area contributed by atoms with Crippen LogP contribution in [0.4, 0.5) is 10.3 Å². The summed E-state index contributed by atoms with van der Waals surface area (Å²) in [6.07, 6.45) is 4.78. The predicted octanol–water partition coefficient (Wildman–Crippen LogP) is 4.76. The Morgan fingerprint density at radius 1 is 1.23 bits per heavy atom. The standard InChI is InChI=1S/C23H22FN5OS/c1-23(2)10-17-19(18(30)11-23)20(15-5-7-16(24)8-6-15)29-21(26-17)27-22(28-29)31-13-14-4-3-9-25-12-14/h3-9,12,20H,10-11,13H2,1-2H3,(H,26,27,28). The van der Waals surface area contributed by atoms with Gasteiger partial charge >= 0.3 is 0 Å². The Morgan fingerprint density at radius 2 is 2.03 bits per heavy atom. The van der Waals surface area contributed by atoms with Crippen LogP contribution in [0.15, 0.2) is 65.2 Å². The maximum absolute atomic E-state index is 13.6. The van der Waals surface area contributed by atoms with E-state index in [-0.39, 0.29) is 17.0 Å². The first-order valence-corrected chi connectivity index (χ1v) is 11.2. The van der Waals surface area contributed by atoms with E-state index in [0.29, 0.717) is 28.9 Å². The van der Waals surface area contributed by atoms with Gasteiger partial charge < -0.3 is 5.32 Å². The number of nitrogens with one attached hydrogen (secondary N) is 1. The van der Waals surface area contributed by atoms with Crippen molar-refractivity contribution in [1.82, 2.24) is 19.7 Å². The number of benzene rings is 1. The third kappa shape index (κ3) is 3.87. The maximum Gasteiger partial charge on any atom is 0.227 e. The number of allylic oxidation sites excluding steroid dienone is 2. The lowest BCUT2D eigenvalue weighted by Crippen LogP contribution is -2.36. The number of rotatable bonds is 4. The van der Waals surface area contributed by atoms with Crippen molar-refractivity contribution in [3.8, 4) is 0 Å². The molecule has 1 N–H and O–H groups in total. The minimum atomic E-state index is -0.421. The van der Waals surface area contributed by atoms with Crippen molar-refractivity contribution in [2.24, 2.45) is 5.41 Å². The molecular weight excluding hydrogens is 413 g/mol. The second-order valence-corrected chi connectivity index (χ2v) is 9.67. The number of fused-ring (bicyclic) bond motifs is 1. The second kappa shape index (κ2) is 7.60. The van der Waals surface area contributed by atoms with Gasteiger partial charge in [0.15, 0.2) is 5.78 Å². The van der Waals surface area contributed by atoms with Gasteiger partial charge in [0.05, 0.1) is 0 Å². The van der Waals surface area contributed by atoms with Gasteiger partial charge in [-0.1, -0.05) is 43.8 Å². The van der Waals surface area contributed by atoms with Gasteiger partial charge in [0.1, 0.15) is 11.9 Å². The molecule has 0 fully saturated rings. The molecule has 0 saturated heterocycles. The van der Waals surface area contributed by atoms with Gasteiger partial charge in [-0.05, 0) is 41.2 Å². The van der Waals surface area contributed by atoms with Gasteiger partial charge in [-0.15, -0.1) is 5.10 Å². The molecule has 0 saturated carbocycles. The van der Waals surface area contributed by atoms with Crippen molar-refractivity contribution in [3.63, 3.8) is 0 Å². The smallest absolute Gasteiger partial charge is 0.227 e. The zero-order chi connectivity index (χ0) is 21.6. The molecule has 1 aromatic carbocycles. The summed E-state index contributed by atoms with van der Waals surface area (Å²) in [4.78, 5) is 22.0. The predicted molar refractivity (Wildman–Crippen MR) is 117 cm³/mol. The molecular formula is C23H22FN5OS. The minimum Gasteiger partial charge on any atom is -0.328 e. The number of pyridine rings is 1. The lowest BCUT2D eigenvalue weighted by molar-refractivity contribution is -0.118. The van der Waals surface area contributed by atoms with Gasteiger partial charge in [-0.25, -0.2) is 9.07 Å². The zero-order valence-corrected chi connectivity index (χ0v) is 18.1. The number of hydrogen-bond donors (Lipinski definition) is 1. The van der Waals surface area contributed by atoms with Crippen molar-refractivity contribution in [3.05, 3.63) is 77.0 Å². The average Bonchev–Trinajstić information content (AvgIpc) is 3.14. The largest absolute Gasteiger partial charge is 0.328 e. The van der Waals surface area contributed by atoms with Crippen LogP contribution in [0.3, 0.4) is 0 Å². The molecule has 1 aliphatic carbocycles. The van der Waals surface area contributed by atoms with Crippen molar-refractivity contribution < 1.29 is 9.18 Å². The molecule has 1 aliphatic heterocycles. The summed E-state index contributed by atoms with van der Waals surface area (Å²) < 4.78 is 15.4. The number of aromatic nitrogens is 4. The number of halogens is 1. The second-order valence-electron chi connectivity index (χ2n) is 8.72. The molecule has 8 heteroatoms. The topological polar surface area (TPSA) is 72.7 Å². The molecule has 0 spiro atoms. The number of Topliss-reactive ketones (excluding diaryl/α,β-unsaturated/α-hetero) is 1. The van der Waals surface area contributed by atoms with E-state index in [2.05, 4.69) is 29.1 Å². The molecule has 158 valence electrons. The highest BCUT2D eigenvalue weighted by Gasteiger charge is 2.41. The average molecular weight is 436 g/mol. The van der Waals surface area contributed by atoms with E-state index < -0.39 is 6.04 Å². The summed E-state index contributed by atoms with van der Waals surface area (Å²) in [7, 11) is 0. The Hall–Kier alpha value is -3.00. The lowest BCUT2D eigenvalue weighted by atomic mass is 9.73. The van der Waals surface area contributed by atoms with Gasteiger partial charge in [0.25, 0.3) is 0 Å². The third-order valence-corrected chi connectivity index (χ3v) is 6.50. The van der Waals surface area contributed by atoms with Gasteiger partial charge in [-0.2, -0.15) is 4.98 Å². The summed E-state index contributed by atoms with van der Waals surface area (Å²) in [5, 5.41) is 8.69. The molecule has 5 rings (SSSR count). The van der Waals surface area contributed by atoms with E-state index in [1.54, 1.807) is 23.0 Å². The van der Waals surface area contributed by atoms with Crippen molar-refractivity contribution in [1.29, 1.82) is 0 Å². The van der Waals surface area contributed by atoms with E-state index >= 15 is 0 Å². The van der Waals surface area contributed by atoms with Gasteiger partial charge in [-0.3, -0.25) is 9.78 Å². The third-order valence-electron chi connectivity index (χ3n) is 5.59. The van der Waals surface area contributed by atoms with Gasteiger partial charge in [0, 0.05) is 35.8 Å².